The van der Waals surface area contributed by atoms with Crippen molar-refractivity contribution in [3.05, 3.63) is 64.7 Å². The van der Waals surface area contributed by atoms with Gasteiger partial charge in [0, 0.05) is 23.3 Å². The summed E-state index contributed by atoms with van der Waals surface area (Å²) in [6.07, 6.45) is 6.49. The van der Waals surface area contributed by atoms with Gasteiger partial charge >= 0.3 is 0 Å². The second-order valence-corrected chi connectivity index (χ2v) is 9.51. The number of nitrogens with zero attached hydrogens (tertiary/aromatic N) is 3. The molecule has 0 spiro atoms. The van der Waals surface area contributed by atoms with Gasteiger partial charge in [-0.1, -0.05) is 66.9 Å². The minimum Gasteiger partial charge on any atom is -0.383 e. The Labute approximate surface area is 198 Å². The largest absolute Gasteiger partial charge is 0.383 e. The zero-order chi connectivity index (χ0) is 22.3. The monoisotopic (exact) mass is 469 g/mol. The van der Waals surface area contributed by atoms with Crippen LogP contribution in [0.2, 0.25) is 5.02 Å². The Morgan fingerprint density at radius 1 is 1.06 bits per heavy atom. The van der Waals surface area contributed by atoms with E-state index in [1.807, 2.05) is 41.0 Å². The maximum atomic E-state index is 12.8. The molecule has 1 fully saturated rings. The third kappa shape index (κ3) is 5.61. The third-order valence-electron chi connectivity index (χ3n) is 5.98. The summed E-state index contributed by atoms with van der Waals surface area (Å²) in [5.74, 6) is 1.80. The Morgan fingerprint density at radius 3 is 2.47 bits per heavy atom. The van der Waals surface area contributed by atoms with E-state index in [1.165, 1.54) is 49.4 Å². The second kappa shape index (κ2) is 11.1. The first-order valence-electron chi connectivity index (χ1n) is 11.1. The fourth-order valence-electron chi connectivity index (χ4n) is 4.18. The molecule has 1 aromatic heterocycles. The lowest BCUT2D eigenvalue weighted by molar-refractivity contribution is 0.102. The van der Waals surface area contributed by atoms with E-state index >= 15 is 0 Å². The van der Waals surface area contributed by atoms with Crippen LogP contribution < -0.4 is 0 Å². The van der Waals surface area contributed by atoms with Gasteiger partial charge in [0.2, 0.25) is 0 Å². The average molecular weight is 470 g/mol. The summed E-state index contributed by atoms with van der Waals surface area (Å²) in [4.78, 5) is 12.8. The molecule has 0 N–H and O–H groups in total. The van der Waals surface area contributed by atoms with Gasteiger partial charge in [-0.05, 0) is 48.6 Å². The summed E-state index contributed by atoms with van der Waals surface area (Å²) in [6.45, 7) is 1.14. The van der Waals surface area contributed by atoms with Crippen molar-refractivity contribution in [2.24, 2.45) is 0 Å². The van der Waals surface area contributed by atoms with Crippen LogP contribution in [0.25, 0.3) is 11.4 Å². The fraction of sp³-hybridized carbons (Fsp3) is 0.400. The number of ketones is 1. The Hall–Kier alpha value is -2.15. The number of hydrogen-bond donors (Lipinski definition) is 0. The van der Waals surface area contributed by atoms with Crippen LogP contribution in [0.3, 0.4) is 0 Å². The predicted octanol–water partition coefficient (Wildman–Crippen LogP) is 6.27. The predicted molar refractivity (Wildman–Crippen MR) is 130 cm³/mol. The third-order valence-corrected chi connectivity index (χ3v) is 7.20. The van der Waals surface area contributed by atoms with E-state index < -0.39 is 0 Å². The van der Waals surface area contributed by atoms with Crippen LogP contribution in [0, 0.1) is 0 Å². The van der Waals surface area contributed by atoms with Crippen molar-refractivity contribution in [2.75, 3.05) is 19.5 Å². The van der Waals surface area contributed by atoms with Gasteiger partial charge in [0.15, 0.2) is 16.8 Å². The molecule has 32 heavy (non-hydrogen) atoms. The molecule has 5 nitrogen and oxygen atoms in total. The SMILES string of the molecule is COCCn1c(SCC(=O)c2ccc(C3CCCCC3)cc2)nnc1-c1ccc(Cl)cc1. The molecule has 0 radical (unpaired) electrons. The molecular weight excluding hydrogens is 442 g/mol. The average Bonchev–Trinajstić information content (AvgIpc) is 3.25. The molecule has 4 rings (SSSR count). The standard InChI is InChI=1S/C25H28ClN3O2S/c1-31-16-15-29-24(21-11-13-22(26)14-12-21)27-28-25(29)32-17-23(30)20-9-7-19(8-10-20)18-5-3-2-4-6-18/h7-14,18H,2-6,15-17H2,1H3. The zero-order valence-corrected chi connectivity index (χ0v) is 19.9. The summed E-state index contributed by atoms with van der Waals surface area (Å²) in [5, 5.41) is 10.1. The van der Waals surface area contributed by atoms with Crippen LogP contribution in [0.15, 0.2) is 53.7 Å². The number of Topliss-reactive ketones (excluding diaryl/α,β-unsaturated/α-hetero) is 1. The lowest BCUT2D eigenvalue weighted by Gasteiger charge is -2.22. The van der Waals surface area contributed by atoms with Crippen molar-refractivity contribution in [1.82, 2.24) is 14.8 Å². The number of benzene rings is 2. The van der Waals surface area contributed by atoms with Crippen molar-refractivity contribution in [3.8, 4) is 11.4 Å². The highest BCUT2D eigenvalue weighted by molar-refractivity contribution is 7.99. The van der Waals surface area contributed by atoms with Crippen molar-refractivity contribution in [2.45, 2.75) is 49.7 Å². The summed E-state index contributed by atoms with van der Waals surface area (Å²) in [5.41, 5.74) is 3.04. The van der Waals surface area contributed by atoms with Gasteiger partial charge in [-0.15, -0.1) is 10.2 Å². The zero-order valence-electron chi connectivity index (χ0n) is 18.3. The van der Waals surface area contributed by atoms with Crippen LogP contribution in [-0.2, 0) is 11.3 Å². The first-order chi connectivity index (χ1) is 15.7. The molecule has 0 atom stereocenters. The molecule has 1 aliphatic rings. The van der Waals surface area contributed by atoms with E-state index in [1.54, 1.807) is 7.11 Å². The van der Waals surface area contributed by atoms with Crippen LogP contribution in [0.1, 0.15) is 53.9 Å². The van der Waals surface area contributed by atoms with Gasteiger partial charge in [0.25, 0.3) is 0 Å². The number of carbonyl (C=O) groups is 1. The van der Waals surface area contributed by atoms with Crippen LogP contribution >= 0.6 is 23.4 Å². The molecule has 2 aromatic carbocycles. The number of hydrogen-bond acceptors (Lipinski definition) is 5. The van der Waals surface area contributed by atoms with E-state index in [0.717, 1.165) is 17.0 Å². The maximum absolute atomic E-state index is 12.8. The topological polar surface area (TPSA) is 57.0 Å². The van der Waals surface area contributed by atoms with E-state index in [0.29, 0.717) is 35.0 Å². The Balaban J connectivity index is 1.44. The number of thioether (sulfide) groups is 1. The maximum Gasteiger partial charge on any atom is 0.192 e. The van der Waals surface area contributed by atoms with E-state index in [2.05, 4.69) is 22.3 Å². The number of carbonyl (C=O) groups excluding carboxylic acids is 1. The quantitative estimate of drug-likeness (QED) is 0.273. The minimum absolute atomic E-state index is 0.0968. The first kappa shape index (κ1) is 23.0. The molecule has 1 saturated carbocycles. The summed E-state index contributed by atoms with van der Waals surface area (Å²) >= 11 is 7.43. The second-order valence-electron chi connectivity index (χ2n) is 8.13. The highest BCUT2D eigenvalue weighted by Crippen LogP contribution is 2.33. The smallest absolute Gasteiger partial charge is 0.192 e. The molecule has 0 amide bonds. The molecule has 7 heteroatoms. The van der Waals surface area contributed by atoms with E-state index in [4.69, 9.17) is 16.3 Å². The van der Waals surface area contributed by atoms with E-state index in [-0.39, 0.29) is 5.78 Å². The van der Waals surface area contributed by atoms with Crippen molar-refractivity contribution < 1.29 is 9.53 Å². The highest BCUT2D eigenvalue weighted by Gasteiger charge is 2.18. The number of rotatable bonds is 9. The Kier molecular flexibility index (Phi) is 8.00. The molecule has 0 saturated heterocycles. The molecular formula is C25H28ClN3O2S. The molecule has 3 aromatic rings. The lowest BCUT2D eigenvalue weighted by atomic mass is 9.84. The van der Waals surface area contributed by atoms with Crippen LogP contribution in [0.4, 0.5) is 0 Å². The number of ether oxygens (including phenoxy) is 1. The summed E-state index contributed by atoms with van der Waals surface area (Å²) in [7, 11) is 1.67. The molecule has 0 aliphatic heterocycles. The van der Waals surface area contributed by atoms with Gasteiger partial charge in [-0.3, -0.25) is 9.36 Å². The summed E-state index contributed by atoms with van der Waals surface area (Å²) < 4.78 is 7.26. The molecule has 0 unspecified atom stereocenters. The molecule has 1 aliphatic carbocycles. The fourth-order valence-corrected chi connectivity index (χ4v) is 5.17. The molecule has 1 heterocycles. The van der Waals surface area contributed by atoms with Gasteiger partial charge < -0.3 is 4.74 Å². The first-order valence-corrected chi connectivity index (χ1v) is 12.5. The Morgan fingerprint density at radius 2 is 1.78 bits per heavy atom. The van der Waals surface area contributed by atoms with Crippen molar-refractivity contribution in [1.29, 1.82) is 0 Å². The molecule has 168 valence electrons. The Bertz CT molecular complexity index is 1030. The van der Waals surface area contributed by atoms with Crippen LogP contribution in [0.5, 0.6) is 0 Å². The highest BCUT2D eigenvalue weighted by atomic mass is 35.5. The lowest BCUT2D eigenvalue weighted by Crippen LogP contribution is -2.09. The number of halogens is 1. The van der Waals surface area contributed by atoms with Gasteiger partial charge in [0.1, 0.15) is 0 Å². The van der Waals surface area contributed by atoms with Gasteiger partial charge in [0.05, 0.1) is 18.9 Å². The van der Waals surface area contributed by atoms with E-state index in [9.17, 15) is 4.79 Å². The number of aromatic nitrogens is 3. The van der Waals surface area contributed by atoms with Crippen LogP contribution in [-0.4, -0.2) is 40.0 Å². The van der Waals surface area contributed by atoms with Gasteiger partial charge in [-0.2, -0.15) is 0 Å². The normalized spacial score (nSPS) is 14.6. The van der Waals surface area contributed by atoms with Gasteiger partial charge in [-0.25, -0.2) is 0 Å². The minimum atomic E-state index is 0.0968. The summed E-state index contributed by atoms with van der Waals surface area (Å²) in [6, 6.07) is 15.7. The van der Waals surface area contributed by atoms with Crippen molar-refractivity contribution in [3.63, 3.8) is 0 Å². The molecule has 0 bridgehead atoms. The number of methoxy groups -OCH3 is 1. The van der Waals surface area contributed by atoms with Crippen molar-refractivity contribution >= 4 is 29.1 Å².